The van der Waals surface area contributed by atoms with Crippen LogP contribution in [0.3, 0.4) is 0 Å². The Labute approximate surface area is 23.3 Å². The maximum absolute atomic E-state index is 8.69. The summed E-state index contributed by atoms with van der Waals surface area (Å²) in [7, 11) is 0. The van der Waals surface area contributed by atoms with Crippen molar-refractivity contribution in [3.63, 3.8) is 0 Å². The summed E-state index contributed by atoms with van der Waals surface area (Å²) in [6, 6.07) is 0. The van der Waals surface area contributed by atoms with Crippen LogP contribution in [0.2, 0.25) is 0 Å². The van der Waals surface area contributed by atoms with Gasteiger partial charge in [-0.15, -0.1) is 6.72 Å². The van der Waals surface area contributed by atoms with Crippen molar-refractivity contribution in [1.82, 2.24) is 0 Å². The van der Waals surface area contributed by atoms with Gasteiger partial charge in [0.05, 0.1) is 0 Å². The van der Waals surface area contributed by atoms with Crippen molar-refractivity contribution >= 4 is 6.72 Å². The molecular weight excluding hydrogens is 58.0 g/mol. The molecular formula is CH2NO2-. The molecule has 0 spiro atoms. The molecule has 4 heavy (non-hydrogen) atoms. The average molecular weight is 60.0 g/mol. The lowest BCUT2D eigenvalue weighted by Gasteiger charge is -1.83. The SMILES string of the molecule is [CH-]=[N+]([O-])O. The number of hydrogen-bond acceptors (Lipinski definition) is 2. The van der Waals surface area contributed by atoms with E-state index in [9.17, 15) is 0 Å². The summed E-state index contributed by atoms with van der Waals surface area (Å²) in [4.78, 5) is -0.750. The van der Waals surface area contributed by atoms with Gasteiger partial charge >= 0.3 is 0 Å². The molecule has 0 rings (SSSR count). The number of hydrogen-bond donors (Lipinski definition) is 1. The Balaban J connectivity index is 2.80. The Hall–Kier alpha value is -0.730. The zero-order valence-electron chi connectivity index (χ0n) is 1.88. The summed E-state index contributed by atoms with van der Waals surface area (Å²) in [6.07, 6.45) is 0. The zero-order valence-corrected chi connectivity index (χ0v) is 1.88. The molecule has 0 saturated heterocycles. The van der Waals surface area contributed by atoms with Crippen LogP contribution in [-0.2, 0) is 0 Å². The van der Waals surface area contributed by atoms with Crippen molar-refractivity contribution < 1.29 is 10.1 Å². The molecule has 0 bridgehead atoms. The van der Waals surface area contributed by atoms with Gasteiger partial charge in [0.1, 0.15) is 0 Å². The molecule has 0 atom stereocenters. The first-order valence-electron chi connectivity index (χ1n) is 0.641. The third-order valence-electron chi connectivity index (χ3n) is 0. The highest BCUT2D eigenvalue weighted by Crippen LogP contribution is 1.34. The van der Waals surface area contributed by atoms with E-state index in [-0.39, 0.29) is 0 Å². The van der Waals surface area contributed by atoms with Crippen molar-refractivity contribution in [3.8, 4) is 0 Å². The Morgan fingerprint density at radius 1 is 2.00 bits per heavy atom. The molecule has 0 aromatic carbocycles. The van der Waals surface area contributed by atoms with Gasteiger partial charge in [-0.1, -0.05) is 0 Å². The second-order valence-corrected chi connectivity index (χ2v) is 0.303. The lowest BCUT2D eigenvalue weighted by Crippen LogP contribution is -1.84. The highest BCUT2D eigenvalue weighted by atomic mass is 16.8. The van der Waals surface area contributed by atoms with Gasteiger partial charge in [-0.05, 0) is 0 Å². The molecule has 0 aliphatic heterocycles. The van der Waals surface area contributed by atoms with E-state index < -0.39 is 4.90 Å². The Kier molecular flexibility index (Phi) is 0.581. The zero-order chi connectivity index (χ0) is 3.58. The van der Waals surface area contributed by atoms with Crippen molar-refractivity contribution in [1.29, 1.82) is 0 Å². The van der Waals surface area contributed by atoms with E-state index in [0.29, 0.717) is 0 Å². The van der Waals surface area contributed by atoms with Crippen LogP contribution in [0.4, 0.5) is 0 Å². The summed E-state index contributed by atoms with van der Waals surface area (Å²) in [5.41, 5.74) is 0. The summed E-state index contributed by atoms with van der Waals surface area (Å²) in [5, 5.41) is 15.8. The molecule has 3 heteroatoms. The highest BCUT2D eigenvalue weighted by molar-refractivity contribution is 5.13. The molecule has 24 valence electrons. The second-order valence-electron chi connectivity index (χ2n) is 0.303. The predicted molar refractivity (Wildman–Crippen MR) is 11.5 cm³/mol. The van der Waals surface area contributed by atoms with Gasteiger partial charge in [0.15, 0.2) is 0 Å². The molecule has 0 saturated carbocycles. The molecule has 0 aliphatic carbocycles. The Morgan fingerprint density at radius 2 is 2.00 bits per heavy atom. The maximum atomic E-state index is 8.69. The monoisotopic (exact) mass is 60.0 g/mol. The first-order chi connectivity index (χ1) is 1.73. The minimum atomic E-state index is -0.750. The average Bonchev–Trinajstić information content (AvgIpc) is 0.811. The summed E-state index contributed by atoms with van der Waals surface area (Å²) in [5.74, 6) is 0. The van der Waals surface area contributed by atoms with E-state index in [1.165, 1.54) is 0 Å². The normalized spacial score (nSPS) is 6.00. The molecule has 0 aromatic heterocycles. The second kappa shape index (κ2) is 0.711. The van der Waals surface area contributed by atoms with Crippen LogP contribution in [0.5, 0.6) is 0 Å². The summed E-state index contributed by atoms with van der Waals surface area (Å²) >= 11 is 0. The van der Waals surface area contributed by atoms with Crippen LogP contribution in [0, 0.1) is 5.21 Å². The lowest BCUT2D eigenvalue weighted by molar-refractivity contribution is -0.719. The molecule has 0 aliphatic rings. The van der Waals surface area contributed by atoms with Gasteiger partial charge in [-0.3, -0.25) is 5.21 Å². The molecule has 3 nitrogen and oxygen atoms in total. The van der Waals surface area contributed by atoms with Crippen molar-refractivity contribution in [3.05, 3.63) is 5.21 Å². The van der Waals surface area contributed by atoms with Crippen LogP contribution in [0.1, 0.15) is 0 Å². The van der Waals surface area contributed by atoms with E-state index in [2.05, 4.69) is 6.72 Å². The fraction of sp³-hybridized carbons (Fsp3) is 0. The fourth-order valence-electron chi connectivity index (χ4n) is 0. The molecule has 0 heterocycles. The Bertz CT molecular complexity index is 29.0. The smallest absolute Gasteiger partial charge is 0.135 e. The van der Waals surface area contributed by atoms with Crippen molar-refractivity contribution in [2.24, 2.45) is 0 Å². The van der Waals surface area contributed by atoms with Gasteiger partial charge in [-0.2, -0.15) is 4.90 Å². The molecule has 0 aromatic rings. The predicted octanol–water partition coefficient (Wildman–Crippen LogP) is -0.536. The van der Waals surface area contributed by atoms with Crippen molar-refractivity contribution in [2.75, 3.05) is 0 Å². The summed E-state index contributed by atoms with van der Waals surface area (Å²) < 4.78 is 0. The summed E-state index contributed by atoms with van der Waals surface area (Å²) in [6.45, 7) is 3.94. The fourth-order valence-corrected chi connectivity index (χ4v) is 0. The third kappa shape index (κ3) is 0.174. The lowest BCUT2D eigenvalue weighted by atomic mass is 11.7. The van der Waals surface area contributed by atoms with Gasteiger partial charge in [-0.25, -0.2) is 0 Å². The molecule has 1 N–H and O–H groups in total. The van der Waals surface area contributed by atoms with E-state index in [0.717, 1.165) is 0 Å². The van der Waals surface area contributed by atoms with Gasteiger partial charge < -0.3 is 5.21 Å². The van der Waals surface area contributed by atoms with Crippen LogP contribution in [0.15, 0.2) is 0 Å². The Morgan fingerprint density at radius 3 is 2.00 bits per heavy atom. The highest BCUT2D eigenvalue weighted by Gasteiger charge is 1.35. The van der Waals surface area contributed by atoms with Gasteiger partial charge in [0, 0.05) is 0 Å². The van der Waals surface area contributed by atoms with E-state index >= 15 is 0 Å². The molecule has 0 fully saturated rings. The van der Waals surface area contributed by atoms with E-state index in [1.807, 2.05) is 0 Å². The van der Waals surface area contributed by atoms with Gasteiger partial charge in [0.25, 0.3) is 0 Å². The van der Waals surface area contributed by atoms with Crippen LogP contribution in [0.25, 0.3) is 0 Å². The van der Waals surface area contributed by atoms with Crippen molar-refractivity contribution in [2.45, 2.75) is 0 Å². The minimum absolute atomic E-state index is 0.750. The number of rotatable bonds is 0. The molecule has 0 radical (unpaired) electrons. The largest absolute Gasteiger partial charge is 0.448 e. The first-order valence-corrected chi connectivity index (χ1v) is 0.641. The van der Waals surface area contributed by atoms with Crippen LogP contribution < -0.4 is 0 Å². The maximum Gasteiger partial charge on any atom is -0.135 e. The molecule has 0 unspecified atom stereocenters. The topological polar surface area (TPSA) is 46.3 Å². The van der Waals surface area contributed by atoms with Crippen LogP contribution >= 0.6 is 0 Å². The third-order valence-corrected chi connectivity index (χ3v) is 0. The number of nitrogens with zero attached hydrogens (tertiary/aromatic N) is 1. The quantitative estimate of drug-likeness (QED) is 0.134. The van der Waals surface area contributed by atoms with E-state index in [4.69, 9.17) is 10.4 Å². The molecule has 0 amide bonds. The first kappa shape index (κ1) is 3.27. The van der Waals surface area contributed by atoms with Gasteiger partial charge in [0.2, 0.25) is 0 Å². The minimum Gasteiger partial charge on any atom is -0.448 e. The standard InChI is InChI=1S/CH2NO2/c1-2(3)4/h1H,(H,3,4)/q-1. The van der Waals surface area contributed by atoms with Crippen LogP contribution in [-0.4, -0.2) is 16.8 Å². The van der Waals surface area contributed by atoms with E-state index in [1.54, 1.807) is 0 Å².